The van der Waals surface area contributed by atoms with Crippen molar-refractivity contribution in [2.45, 2.75) is 0 Å². The topological polar surface area (TPSA) is 80.4 Å². The van der Waals surface area contributed by atoms with E-state index in [1.807, 2.05) is 0 Å². The van der Waals surface area contributed by atoms with Crippen molar-refractivity contribution in [2.75, 3.05) is 0 Å². The van der Waals surface area contributed by atoms with Gasteiger partial charge in [0.2, 0.25) is 0 Å². The zero-order valence-corrected chi connectivity index (χ0v) is 9.19. The van der Waals surface area contributed by atoms with E-state index in [0.717, 1.165) is 5.56 Å². The van der Waals surface area contributed by atoms with E-state index in [-0.39, 0.29) is 5.56 Å². The molecule has 0 fully saturated rings. The first-order valence-corrected chi connectivity index (χ1v) is 5.24. The molecule has 3 aromatic heterocycles. The van der Waals surface area contributed by atoms with Gasteiger partial charge in [-0.15, -0.1) is 5.10 Å². The van der Waals surface area contributed by atoms with Gasteiger partial charge >= 0.3 is 5.97 Å². The third kappa shape index (κ3) is 1.69. The second kappa shape index (κ2) is 3.92. The Bertz CT molecular complexity index is 721. The molecule has 0 radical (unpaired) electrons. The molecule has 3 heterocycles. The zero-order valence-electron chi connectivity index (χ0n) is 9.19. The maximum Gasteiger partial charge on any atom is 0.335 e. The fourth-order valence-corrected chi connectivity index (χ4v) is 1.64. The van der Waals surface area contributed by atoms with Gasteiger partial charge < -0.3 is 5.11 Å². The summed E-state index contributed by atoms with van der Waals surface area (Å²) < 4.78 is 1.54. The average molecular weight is 240 g/mol. The van der Waals surface area contributed by atoms with Gasteiger partial charge in [0.05, 0.1) is 5.56 Å². The molecule has 0 aliphatic carbocycles. The van der Waals surface area contributed by atoms with Crippen LogP contribution in [-0.2, 0) is 0 Å². The quantitative estimate of drug-likeness (QED) is 0.734. The van der Waals surface area contributed by atoms with Crippen LogP contribution in [0.15, 0.2) is 42.9 Å². The third-order valence-electron chi connectivity index (χ3n) is 2.52. The fourth-order valence-electron chi connectivity index (χ4n) is 1.64. The molecule has 18 heavy (non-hydrogen) atoms. The smallest absolute Gasteiger partial charge is 0.335 e. The van der Waals surface area contributed by atoms with Crippen LogP contribution in [0.1, 0.15) is 10.4 Å². The van der Waals surface area contributed by atoms with Crippen LogP contribution in [0, 0.1) is 0 Å². The monoisotopic (exact) mass is 240 g/mol. The molecule has 1 N–H and O–H groups in total. The van der Waals surface area contributed by atoms with Crippen LogP contribution in [0.4, 0.5) is 0 Å². The lowest BCUT2D eigenvalue weighted by Crippen LogP contribution is -1.97. The number of aromatic carboxylic acids is 1. The molecule has 6 nitrogen and oxygen atoms in total. The highest BCUT2D eigenvalue weighted by atomic mass is 16.4. The van der Waals surface area contributed by atoms with Crippen molar-refractivity contribution in [3.8, 4) is 11.4 Å². The normalized spacial score (nSPS) is 10.7. The predicted molar refractivity (Wildman–Crippen MR) is 63.2 cm³/mol. The van der Waals surface area contributed by atoms with Gasteiger partial charge in [-0.1, -0.05) is 0 Å². The van der Waals surface area contributed by atoms with Crippen molar-refractivity contribution < 1.29 is 9.90 Å². The molecule has 0 spiro atoms. The van der Waals surface area contributed by atoms with Gasteiger partial charge in [0.15, 0.2) is 11.5 Å². The maximum absolute atomic E-state index is 10.9. The van der Waals surface area contributed by atoms with Crippen LogP contribution in [0.25, 0.3) is 17.0 Å². The largest absolute Gasteiger partial charge is 0.478 e. The van der Waals surface area contributed by atoms with Gasteiger partial charge in [0, 0.05) is 24.2 Å². The summed E-state index contributed by atoms with van der Waals surface area (Å²) in [6, 6.07) is 6.57. The van der Waals surface area contributed by atoms with Crippen molar-refractivity contribution in [3.05, 3.63) is 48.4 Å². The van der Waals surface area contributed by atoms with E-state index < -0.39 is 5.97 Å². The number of carbonyl (C=O) groups is 1. The third-order valence-corrected chi connectivity index (χ3v) is 2.52. The summed E-state index contributed by atoms with van der Waals surface area (Å²) >= 11 is 0. The van der Waals surface area contributed by atoms with E-state index in [1.165, 1.54) is 12.1 Å². The molecular formula is C12H8N4O2. The van der Waals surface area contributed by atoms with E-state index in [1.54, 1.807) is 35.2 Å². The first-order valence-electron chi connectivity index (χ1n) is 5.24. The number of pyridine rings is 2. The van der Waals surface area contributed by atoms with Crippen molar-refractivity contribution in [2.24, 2.45) is 0 Å². The minimum Gasteiger partial charge on any atom is -0.478 e. The Labute approximate surface area is 102 Å². The van der Waals surface area contributed by atoms with Crippen LogP contribution >= 0.6 is 0 Å². The van der Waals surface area contributed by atoms with Crippen molar-refractivity contribution in [1.82, 2.24) is 19.6 Å². The molecule has 6 heteroatoms. The Balaban J connectivity index is 2.14. The minimum atomic E-state index is -0.981. The number of carboxylic acids is 1. The van der Waals surface area contributed by atoms with E-state index in [2.05, 4.69) is 15.1 Å². The number of nitrogens with zero attached hydrogens (tertiary/aromatic N) is 4. The Hall–Kier alpha value is -2.76. The van der Waals surface area contributed by atoms with Gasteiger partial charge in [-0.3, -0.25) is 4.98 Å². The summed E-state index contributed by atoms with van der Waals surface area (Å²) in [6.07, 6.45) is 4.89. The summed E-state index contributed by atoms with van der Waals surface area (Å²) in [4.78, 5) is 19.1. The van der Waals surface area contributed by atoms with E-state index in [4.69, 9.17) is 5.11 Å². The lowest BCUT2D eigenvalue weighted by atomic mass is 10.2. The lowest BCUT2D eigenvalue weighted by molar-refractivity contribution is 0.0697. The molecule has 0 aromatic carbocycles. The number of hydrogen-bond acceptors (Lipinski definition) is 4. The molecule has 3 rings (SSSR count). The standard InChI is InChI=1S/C12H8N4O2/c17-12(18)9-3-6-16-10(7-9)14-11(15-16)8-1-4-13-5-2-8/h1-7H,(H,17,18). The molecule has 3 aromatic rings. The number of rotatable bonds is 2. The van der Waals surface area contributed by atoms with E-state index in [9.17, 15) is 4.79 Å². The number of hydrogen-bond donors (Lipinski definition) is 1. The number of carboxylic acid groups (broad SMARTS) is 1. The van der Waals surface area contributed by atoms with Crippen LogP contribution in [0.2, 0.25) is 0 Å². The highest BCUT2D eigenvalue weighted by Gasteiger charge is 2.09. The zero-order chi connectivity index (χ0) is 12.5. The van der Waals surface area contributed by atoms with Crippen LogP contribution in [-0.4, -0.2) is 30.7 Å². The molecule has 88 valence electrons. The molecule has 0 unspecified atom stereocenters. The van der Waals surface area contributed by atoms with Gasteiger partial charge in [0.25, 0.3) is 0 Å². The van der Waals surface area contributed by atoms with E-state index in [0.29, 0.717) is 11.5 Å². The molecular weight excluding hydrogens is 232 g/mol. The first kappa shape index (κ1) is 10.4. The number of aromatic nitrogens is 4. The maximum atomic E-state index is 10.9. The fraction of sp³-hybridized carbons (Fsp3) is 0. The van der Waals surface area contributed by atoms with Gasteiger partial charge in [-0.2, -0.15) is 0 Å². The van der Waals surface area contributed by atoms with Crippen molar-refractivity contribution in [1.29, 1.82) is 0 Å². The highest BCUT2D eigenvalue weighted by Crippen LogP contribution is 2.15. The second-order valence-electron chi connectivity index (χ2n) is 3.69. The Morgan fingerprint density at radius 1 is 1.22 bits per heavy atom. The summed E-state index contributed by atoms with van der Waals surface area (Å²) in [5.74, 6) is -0.439. The summed E-state index contributed by atoms with van der Waals surface area (Å²) in [5, 5.41) is 13.2. The second-order valence-corrected chi connectivity index (χ2v) is 3.69. The molecule has 0 bridgehead atoms. The van der Waals surface area contributed by atoms with Gasteiger partial charge in [0.1, 0.15) is 0 Å². The van der Waals surface area contributed by atoms with Crippen LogP contribution < -0.4 is 0 Å². The molecule has 0 aliphatic rings. The predicted octanol–water partition coefficient (Wildman–Crippen LogP) is 1.49. The Morgan fingerprint density at radius 3 is 2.72 bits per heavy atom. The SMILES string of the molecule is O=C(O)c1ccn2nc(-c3ccncc3)nc2c1. The lowest BCUT2D eigenvalue weighted by Gasteiger charge is -1.93. The van der Waals surface area contributed by atoms with Crippen LogP contribution in [0.3, 0.4) is 0 Å². The summed E-state index contributed by atoms with van der Waals surface area (Å²) in [6.45, 7) is 0. The molecule has 0 atom stereocenters. The van der Waals surface area contributed by atoms with Crippen molar-refractivity contribution >= 4 is 11.6 Å². The highest BCUT2D eigenvalue weighted by molar-refractivity contribution is 5.88. The molecule has 0 saturated carbocycles. The Kier molecular flexibility index (Phi) is 2.26. The van der Waals surface area contributed by atoms with Crippen LogP contribution in [0.5, 0.6) is 0 Å². The molecule has 0 aliphatic heterocycles. The summed E-state index contributed by atoms with van der Waals surface area (Å²) in [5.41, 5.74) is 1.53. The Morgan fingerprint density at radius 2 is 2.00 bits per heavy atom. The molecule has 0 saturated heterocycles. The summed E-state index contributed by atoms with van der Waals surface area (Å²) in [7, 11) is 0. The van der Waals surface area contributed by atoms with Gasteiger partial charge in [-0.05, 0) is 24.3 Å². The van der Waals surface area contributed by atoms with E-state index >= 15 is 0 Å². The van der Waals surface area contributed by atoms with Crippen molar-refractivity contribution in [3.63, 3.8) is 0 Å². The number of fused-ring (bicyclic) bond motifs is 1. The minimum absolute atomic E-state index is 0.191. The van der Waals surface area contributed by atoms with Gasteiger partial charge in [-0.25, -0.2) is 14.3 Å². The molecule has 0 amide bonds. The average Bonchev–Trinajstić information content (AvgIpc) is 2.82. The first-order chi connectivity index (χ1) is 8.74.